The van der Waals surface area contributed by atoms with Gasteiger partial charge in [-0.1, -0.05) is 18.2 Å². The normalized spacial score (nSPS) is 11.6. The highest BCUT2D eigenvalue weighted by molar-refractivity contribution is 8.01. The van der Waals surface area contributed by atoms with E-state index >= 15 is 0 Å². The molecule has 0 radical (unpaired) electrons. The first-order chi connectivity index (χ1) is 8.13. The van der Waals surface area contributed by atoms with Crippen molar-refractivity contribution in [3.05, 3.63) is 30.3 Å². The molecule has 0 spiro atoms. The summed E-state index contributed by atoms with van der Waals surface area (Å²) in [7, 11) is 1.34. The molecule has 1 aromatic carbocycles. The maximum Gasteiger partial charge on any atom is 0.318 e. The average Bonchev–Trinajstić information content (AvgIpc) is 2.36. The summed E-state index contributed by atoms with van der Waals surface area (Å²) in [4.78, 5) is 22.7. The van der Waals surface area contributed by atoms with E-state index in [2.05, 4.69) is 10.1 Å². The van der Waals surface area contributed by atoms with Crippen LogP contribution in [0.15, 0.2) is 30.3 Å². The number of thioether (sulfide) groups is 1. The number of esters is 1. The Morgan fingerprint density at radius 1 is 1.35 bits per heavy atom. The third-order valence-corrected chi connectivity index (χ3v) is 3.18. The van der Waals surface area contributed by atoms with Crippen LogP contribution in [0.25, 0.3) is 0 Å². The highest BCUT2D eigenvalue weighted by Crippen LogP contribution is 2.13. The summed E-state index contributed by atoms with van der Waals surface area (Å²) < 4.78 is 4.57. The lowest BCUT2D eigenvalue weighted by atomic mass is 10.3. The molecule has 0 aliphatic carbocycles. The van der Waals surface area contributed by atoms with Crippen molar-refractivity contribution >= 4 is 29.3 Å². The average molecular weight is 253 g/mol. The van der Waals surface area contributed by atoms with Gasteiger partial charge in [0.1, 0.15) is 5.25 Å². The van der Waals surface area contributed by atoms with Gasteiger partial charge in [0.25, 0.3) is 0 Å². The van der Waals surface area contributed by atoms with Crippen LogP contribution < -0.4 is 5.32 Å². The first kappa shape index (κ1) is 13.6. The largest absolute Gasteiger partial charge is 0.468 e. The molecular weight excluding hydrogens is 238 g/mol. The predicted octanol–water partition coefficient (Wildman–Crippen LogP) is 1.92. The lowest BCUT2D eigenvalue weighted by molar-refractivity contribution is -0.139. The zero-order valence-corrected chi connectivity index (χ0v) is 10.6. The molecule has 17 heavy (non-hydrogen) atoms. The third-order valence-electron chi connectivity index (χ3n) is 2.06. The van der Waals surface area contributed by atoms with E-state index in [0.717, 1.165) is 5.69 Å². The quantitative estimate of drug-likeness (QED) is 0.815. The van der Waals surface area contributed by atoms with Crippen molar-refractivity contribution in [1.29, 1.82) is 0 Å². The number of ether oxygens (including phenoxy) is 1. The van der Waals surface area contributed by atoms with Crippen LogP contribution in [-0.2, 0) is 14.3 Å². The number of amides is 1. The van der Waals surface area contributed by atoms with E-state index in [1.165, 1.54) is 18.9 Å². The minimum absolute atomic E-state index is 0.128. The van der Waals surface area contributed by atoms with E-state index in [1.54, 1.807) is 6.92 Å². The van der Waals surface area contributed by atoms with Crippen LogP contribution in [-0.4, -0.2) is 30.0 Å². The monoisotopic (exact) mass is 253 g/mol. The molecule has 92 valence electrons. The van der Waals surface area contributed by atoms with E-state index in [1.807, 2.05) is 30.3 Å². The van der Waals surface area contributed by atoms with Gasteiger partial charge in [-0.3, -0.25) is 9.59 Å². The minimum atomic E-state index is -0.332. The van der Waals surface area contributed by atoms with Crippen LogP contribution in [0.3, 0.4) is 0 Å². The second kappa shape index (κ2) is 6.96. The van der Waals surface area contributed by atoms with Crippen molar-refractivity contribution in [3.63, 3.8) is 0 Å². The van der Waals surface area contributed by atoms with Crippen LogP contribution in [0.4, 0.5) is 5.69 Å². The molecule has 0 aliphatic heterocycles. The molecule has 1 aromatic rings. The first-order valence-corrected chi connectivity index (χ1v) is 6.22. The van der Waals surface area contributed by atoms with Gasteiger partial charge in [-0.2, -0.15) is 0 Å². The minimum Gasteiger partial charge on any atom is -0.468 e. The van der Waals surface area contributed by atoms with Gasteiger partial charge < -0.3 is 10.1 Å². The van der Waals surface area contributed by atoms with E-state index in [9.17, 15) is 9.59 Å². The van der Waals surface area contributed by atoms with Crippen LogP contribution in [0.2, 0.25) is 0 Å². The van der Waals surface area contributed by atoms with Gasteiger partial charge in [0.2, 0.25) is 5.91 Å². The molecule has 0 heterocycles. The fourth-order valence-electron chi connectivity index (χ4n) is 1.15. The highest BCUT2D eigenvalue weighted by Gasteiger charge is 2.15. The Labute approximate surface area is 105 Å². The number of hydrogen-bond acceptors (Lipinski definition) is 4. The summed E-state index contributed by atoms with van der Waals surface area (Å²) in [5.41, 5.74) is 0.754. The van der Waals surface area contributed by atoms with Gasteiger partial charge in [0.05, 0.1) is 12.9 Å². The summed E-state index contributed by atoms with van der Waals surface area (Å²) in [5.74, 6) is -0.218. The molecular formula is C12H15NO3S. The molecule has 0 aliphatic rings. The molecule has 0 saturated carbocycles. The smallest absolute Gasteiger partial charge is 0.318 e. The molecule has 0 aromatic heterocycles. The fraction of sp³-hybridized carbons (Fsp3) is 0.333. The standard InChI is InChI=1S/C12H15NO3S/c1-9(12(15)16-2)17-8-11(14)13-10-6-4-3-5-7-10/h3-7,9H,8H2,1-2H3,(H,13,14)/t9-/m1/s1. The molecule has 1 N–H and O–H groups in total. The van der Waals surface area contributed by atoms with Gasteiger partial charge in [-0.15, -0.1) is 11.8 Å². The van der Waals surface area contributed by atoms with E-state index in [0.29, 0.717) is 0 Å². The molecule has 1 amide bonds. The van der Waals surface area contributed by atoms with Crippen molar-refractivity contribution in [2.24, 2.45) is 0 Å². The van der Waals surface area contributed by atoms with Crippen molar-refractivity contribution in [2.75, 3.05) is 18.2 Å². The van der Waals surface area contributed by atoms with E-state index in [-0.39, 0.29) is 22.9 Å². The Balaban J connectivity index is 2.33. The summed E-state index contributed by atoms with van der Waals surface area (Å²) in [6, 6.07) is 9.20. The number of hydrogen-bond donors (Lipinski definition) is 1. The zero-order chi connectivity index (χ0) is 12.7. The summed E-state index contributed by atoms with van der Waals surface area (Å²) in [5, 5.41) is 2.41. The maximum atomic E-state index is 11.5. The Bertz CT molecular complexity index is 381. The molecule has 0 saturated heterocycles. The van der Waals surface area contributed by atoms with E-state index < -0.39 is 0 Å². The van der Waals surface area contributed by atoms with Crippen LogP contribution in [0, 0.1) is 0 Å². The number of methoxy groups -OCH3 is 1. The third kappa shape index (κ3) is 4.91. The molecule has 1 atom stereocenters. The van der Waals surface area contributed by atoms with Gasteiger partial charge in [-0.05, 0) is 19.1 Å². The van der Waals surface area contributed by atoms with Gasteiger partial charge in [0.15, 0.2) is 0 Å². The Morgan fingerprint density at radius 2 is 2.00 bits per heavy atom. The lowest BCUT2D eigenvalue weighted by Gasteiger charge is -2.09. The molecule has 0 unspecified atom stereocenters. The maximum absolute atomic E-state index is 11.5. The number of para-hydroxylation sites is 1. The summed E-state index contributed by atoms with van der Waals surface area (Å²) >= 11 is 1.25. The SMILES string of the molecule is COC(=O)[C@@H](C)SCC(=O)Nc1ccccc1. The van der Waals surface area contributed by atoms with Crippen LogP contribution >= 0.6 is 11.8 Å². The Morgan fingerprint density at radius 3 is 2.59 bits per heavy atom. The topological polar surface area (TPSA) is 55.4 Å². The molecule has 1 rings (SSSR count). The predicted molar refractivity (Wildman–Crippen MR) is 69.0 cm³/mol. The van der Waals surface area contributed by atoms with Gasteiger partial charge in [-0.25, -0.2) is 0 Å². The number of carbonyl (C=O) groups excluding carboxylic acids is 2. The molecule has 0 bridgehead atoms. The highest BCUT2D eigenvalue weighted by atomic mass is 32.2. The molecule has 5 heteroatoms. The fourth-order valence-corrected chi connectivity index (χ4v) is 1.86. The Hall–Kier alpha value is -1.49. The summed E-state index contributed by atoms with van der Waals surface area (Å²) in [6.45, 7) is 1.71. The van der Waals surface area contributed by atoms with Gasteiger partial charge >= 0.3 is 5.97 Å². The number of anilines is 1. The van der Waals surface area contributed by atoms with Crippen LogP contribution in [0.5, 0.6) is 0 Å². The van der Waals surface area contributed by atoms with Crippen molar-refractivity contribution in [3.8, 4) is 0 Å². The summed E-state index contributed by atoms with van der Waals surface area (Å²) in [6.07, 6.45) is 0. The second-order valence-electron chi connectivity index (χ2n) is 3.39. The second-order valence-corrected chi connectivity index (χ2v) is 4.72. The molecule has 0 fully saturated rings. The lowest BCUT2D eigenvalue weighted by Crippen LogP contribution is -2.20. The molecule has 4 nitrogen and oxygen atoms in total. The first-order valence-electron chi connectivity index (χ1n) is 5.18. The number of benzene rings is 1. The number of rotatable bonds is 5. The van der Waals surface area contributed by atoms with Crippen molar-refractivity contribution < 1.29 is 14.3 Å². The van der Waals surface area contributed by atoms with Crippen molar-refractivity contribution in [1.82, 2.24) is 0 Å². The van der Waals surface area contributed by atoms with Crippen molar-refractivity contribution in [2.45, 2.75) is 12.2 Å². The van der Waals surface area contributed by atoms with E-state index in [4.69, 9.17) is 0 Å². The van der Waals surface area contributed by atoms with Crippen LogP contribution in [0.1, 0.15) is 6.92 Å². The number of nitrogens with one attached hydrogen (secondary N) is 1. The number of carbonyl (C=O) groups is 2. The zero-order valence-electron chi connectivity index (χ0n) is 9.80. The Kier molecular flexibility index (Phi) is 5.56. The van der Waals surface area contributed by atoms with Gasteiger partial charge in [0, 0.05) is 5.69 Å².